The largest absolute Gasteiger partial charge is 0.489 e. The van der Waals surface area contributed by atoms with Crippen molar-refractivity contribution in [1.29, 1.82) is 0 Å². The zero-order valence-corrected chi connectivity index (χ0v) is 13.0. The van der Waals surface area contributed by atoms with E-state index in [0.717, 1.165) is 12.1 Å². The Bertz CT molecular complexity index is 741. The van der Waals surface area contributed by atoms with Crippen molar-refractivity contribution in [3.05, 3.63) is 51.5 Å². The van der Waals surface area contributed by atoms with Crippen molar-refractivity contribution in [2.45, 2.75) is 25.6 Å². The van der Waals surface area contributed by atoms with Gasteiger partial charge < -0.3 is 4.74 Å². The first-order valence-electron chi connectivity index (χ1n) is 6.62. The summed E-state index contributed by atoms with van der Waals surface area (Å²) in [4.78, 5) is 0. The van der Waals surface area contributed by atoms with Crippen LogP contribution in [0.25, 0.3) is 11.1 Å². The molecule has 0 saturated heterocycles. The molecule has 3 rings (SSSR count). The Kier molecular flexibility index (Phi) is 3.77. The van der Waals surface area contributed by atoms with Crippen LogP contribution in [0.5, 0.6) is 5.75 Å². The molecular weight excluding hydrogens is 336 g/mol. The third kappa shape index (κ3) is 2.66. The topological polar surface area (TPSA) is 9.23 Å². The van der Waals surface area contributed by atoms with Crippen LogP contribution in [0.1, 0.15) is 18.1 Å². The lowest BCUT2D eigenvalue weighted by Gasteiger charge is -2.15. The number of ether oxygens (including phenoxy) is 1. The van der Waals surface area contributed by atoms with Crippen LogP contribution in [-0.4, -0.2) is 6.10 Å². The summed E-state index contributed by atoms with van der Waals surface area (Å²) >= 11 is 12.1. The van der Waals surface area contributed by atoms with Gasteiger partial charge in [0.15, 0.2) is 0 Å². The molecule has 22 heavy (non-hydrogen) atoms. The molecule has 1 heterocycles. The highest BCUT2D eigenvalue weighted by molar-refractivity contribution is 6.43. The van der Waals surface area contributed by atoms with Crippen LogP contribution in [-0.2, 0) is 12.6 Å². The fourth-order valence-corrected chi connectivity index (χ4v) is 3.01. The predicted molar refractivity (Wildman–Crippen MR) is 80.7 cm³/mol. The number of hydrogen-bond donors (Lipinski definition) is 0. The summed E-state index contributed by atoms with van der Waals surface area (Å²) in [6.45, 7) is 1.82. The smallest absolute Gasteiger partial charge is 0.416 e. The molecule has 6 heteroatoms. The molecule has 0 amide bonds. The van der Waals surface area contributed by atoms with E-state index in [1.54, 1.807) is 18.2 Å². The SMILES string of the molecule is CC1Cc2cc(C(F)(F)F)cc(-c3cccc(Cl)c3Cl)c2O1. The van der Waals surface area contributed by atoms with Gasteiger partial charge in [0.05, 0.1) is 15.6 Å². The van der Waals surface area contributed by atoms with Gasteiger partial charge in [0.2, 0.25) is 0 Å². The van der Waals surface area contributed by atoms with Crippen molar-refractivity contribution in [2.75, 3.05) is 0 Å². The lowest BCUT2D eigenvalue weighted by Crippen LogP contribution is -2.06. The Morgan fingerprint density at radius 2 is 1.86 bits per heavy atom. The minimum absolute atomic E-state index is 0.171. The lowest BCUT2D eigenvalue weighted by molar-refractivity contribution is -0.137. The van der Waals surface area contributed by atoms with Gasteiger partial charge in [0.1, 0.15) is 11.9 Å². The van der Waals surface area contributed by atoms with E-state index in [0.29, 0.717) is 28.9 Å². The molecule has 0 aromatic heterocycles. The standard InChI is InChI=1S/C16H11Cl2F3O/c1-8-5-9-6-10(16(19,20)21)7-12(15(9)22-8)11-3-2-4-13(17)14(11)18/h2-4,6-8H,5H2,1H3. The second kappa shape index (κ2) is 5.36. The third-order valence-electron chi connectivity index (χ3n) is 3.56. The fraction of sp³-hybridized carbons (Fsp3) is 0.250. The average Bonchev–Trinajstić information content (AvgIpc) is 2.80. The first kappa shape index (κ1) is 15.5. The van der Waals surface area contributed by atoms with Gasteiger partial charge in [-0.25, -0.2) is 0 Å². The van der Waals surface area contributed by atoms with Crippen LogP contribution in [0, 0.1) is 0 Å². The Hall–Kier alpha value is -1.39. The summed E-state index contributed by atoms with van der Waals surface area (Å²) in [6, 6.07) is 7.07. The average molecular weight is 347 g/mol. The van der Waals surface area contributed by atoms with Crippen LogP contribution in [0.15, 0.2) is 30.3 Å². The molecule has 1 nitrogen and oxygen atoms in total. The zero-order valence-electron chi connectivity index (χ0n) is 11.5. The number of halogens is 5. The van der Waals surface area contributed by atoms with Crippen molar-refractivity contribution >= 4 is 23.2 Å². The van der Waals surface area contributed by atoms with E-state index in [-0.39, 0.29) is 16.1 Å². The number of fused-ring (bicyclic) bond motifs is 1. The Balaban J connectivity index is 2.27. The van der Waals surface area contributed by atoms with Crippen LogP contribution in [0.3, 0.4) is 0 Å². The number of hydrogen-bond acceptors (Lipinski definition) is 1. The molecule has 2 aromatic carbocycles. The zero-order chi connectivity index (χ0) is 16.1. The molecule has 0 fully saturated rings. The van der Waals surface area contributed by atoms with E-state index >= 15 is 0 Å². The van der Waals surface area contributed by atoms with Crippen molar-refractivity contribution in [2.24, 2.45) is 0 Å². The summed E-state index contributed by atoms with van der Waals surface area (Å²) in [7, 11) is 0. The summed E-state index contributed by atoms with van der Waals surface area (Å²) < 4.78 is 45.1. The minimum Gasteiger partial charge on any atom is -0.489 e. The normalized spacial score (nSPS) is 17.3. The molecule has 0 aliphatic carbocycles. The Morgan fingerprint density at radius 1 is 1.14 bits per heavy atom. The highest BCUT2D eigenvalue weighted by Crippen LogP contribution is 2.46. The number of rotatable bonds is 1. The van der Waals surface area contributed by atoms with Gasteiger partial charge >= 0.3 is 6.18 Å². The van der Waals surface area contributed by atoms with E-state index in [1.807, 2.05) is 6.92 Å². The molecule has 2 aromatic rings. The highest BCUT2D eigenvalue weighted by Gasteiger charge is 2.35. The Labute approximate surface area is 135 Å². The maximum absolute atomic E-state index is 13.1. The molecule has 1 unspecified atom stereocenters. The van der Waals surface area contributed by atoms with Gasteiger partial charge in [-0.1, -0.05) is 35.3 Å². The van der Waals surface area contributed by atoms with Crippen molar-refractivity contribution in [1.82, 2.24) is 0 Å². The van der Waals surface area contributed by atoms with Gasteiger partial charge in [0, 0.05) is 17.5 Å². The predicted octanol–water partition coefficient (Wildman–Crippen LogP) is 6.00. The summed E-state index contributed by atoms with van der Waals surface area (Å²) in [6.07, 6.45) is -4.17. The van der Waals surface area contributed by atoms with E-state index in [9.17, 15) is 13.2 Å². The lowest BCUT2D eigenvalue weighted by atomic mass is 9.97. The van der Waals surface area contributed by atoms with Crippen molar-refractivity contribution < 1.29 is 17.9 Å². The Morgan fingerprint density at radius 3 is 2.55 bits per heavy atom. The summed E-state index contributed by atoms with van der Waals surface area (Å²) in [5.41, 5.74) is 0.579. The van der Waals surface area contributed by atoms with E-state index in [4.69, 9.17) is 27.9 Å². The summed E-state index contributed by atoms with van der Waals surface area (Å²) in [5.74, 6) is 0.449. The van der Waals surface area contributed by atoms with Gasteiger partial charge in [-0.3, -0.25) is 0 Å². The molecule has 0 spiro atoms. The molecule has 116 valence electrons. The first-order chi connectivity index (χ1) is 10.3. The molecular formula is C16H11Cl2F3O. The first-order valence-corrected chi connectivity index (χ1v) is 7.38. The molecule has 1 aliphatic rings. The van der Waals surface area contributed by atoms with Gasteiger partial charge in [-0.15, -0.1) is 0 Å². The third-order valence-corrected chi connectivity index (χ3v) is 4.38. The quantitative estimate of drug-likeness (QED) is 0.615. The van der Waals surface area contributed by atoms with Gasteiger partial charge in [-0.05, 0) is 30.7 Å². The van der Waals surface area contributed by atoms with Gasteiger partial charge in [0.25, 0.3) is 0 Å². The van der Waals surface area contributed by atoms with E-state index in [1.165, 1.54) is 0 Å². The number of alkyl halides is 3. The maximum atomic E-state index is 13.1. The molecule has 0 radical (unpaired) electrons. The van der Waals surface area contributed by atoms with Crippen molar-refractivity contribution in [3.8, 4) is 16.9 Å². The molecule has 1 atom stereocenters. The number of benzene rings is 2. The molecule has 1 aliphatic heterocycles. The van der Waals surface area contributed by atoms with Crippen LogP contribution in [0.4, 0.5) is 13.2 Å². The molecule has 0 N–H and O–H groups in total. The summed E-state index contributed by atoms with van der Waals surface area (Å²) in [5, 5.41) is 0.505. The second-order valence-electron chi connectivity index (χ2n) is 5.24. The second-order valence-corrected chi connectivity index (χ2v) is 6.03. The highest BCUT2D eigenvalue weighted by atomic mass is 35.5. The van der Waals surface area contributed by atoms with E-state index < -0.39 is 11.7 Å². The van der Waals surface area contributed by atoms with E-state index in [2.05, 4.69) is 0 Å². The molecule has 0 bridgehead atoms. The maximum Gasteiger partial charge on any atom is 0.416 e. The van der Waals surface area contributed by atoms with Gasteiger partial charge in [-0.2, -0.15) is 13.2 Å². The molecule has 0 saturated carbocycles. The monoisotopic (exact) mass is 346 g/mol. The van der Waals surface area contributed by atoms with Crippen LogP contribution < -0.4 is 4.74 Å². The minimum atomic E-state index is -4.43. The fourth-order valence-electron chi connectivity index (χ4n) is 2.61. The van der Waals surface area contributed by atoms with Crippen LogP contribution in [0.2, 0.25) is 10.0 Å². The van der Waals surface area contributed by atoms with Crippen molar-refractivity contribution in [3.63, 3.8) is 0 Å². The van der Waals surface area contributed by atoms with Crippen LogP contribution >= 0.6 is 23.2 Å².